The van der Waals surface area contributed by atoms with Crippen molar-refractivity contribution in [2.75, 3.05) is 7.11 Å². The second-order valence-electron chi connectivity index (χ2n) is 4.53. The van der Waals surface area contributed by atoms with E-state index in [2.05, 4.69) is 10.9 Å². The molecule has 23 heavy (non-hydrogen) atoms. The monoisotopic (exact) mass is 314 g/mol. The maximum absolute atomic E-state index is 13.4. The van der Waals surface area contributed by atoms with Crippen molar-refractivity contribution in [3.8, 4) is 5.75 Å². The van der Waals surface area contributed by atoms with Gasteiger partial charge in [0.05, 0.1) is 12.7 Å². The van der Waals surface area contributed by atoms with Crippen LogP contribution in [-0.2, 0) is 4.79 Å². The van der Waals surface area contributed by atoms with Gasteiger partial charge in [-0.3, -0.25) is 20.4 Å². The van der Waals surface area contributed by atoms with Crippen LogP contribution in [0.4, 0.5) is 4.39 Å². The Morgan fingerprint density at radius 3 is 2.61 bits per heavy atom. The predicted octanol–water partition coefficient (Wildman–Crippen LogP) is 2.31. The SMILES string of the molecule is COc1cccc(/C=C/C(=O)NNC(=O)c2ccccc2F)c1. The second kappa shape index (κ2) is 7.74. The molecule has 6 heteroatoms. The largest absolute Gasteiger partial charge is 0.497 e. The van der Waals surface area contributed by atoms with Crippen molar-refractivity contribution in [1.82, 2.24) is 10.9 Å². The molecule has 2 amide bonds. The number of benzene rings is 2. The van der Waals surface area contributed by atoms with E-state index in [0.29, 0.717) is 5.75 Å². The van der Waals surface area contributed by atoms with Gasteiger partial charge in [0.15, 0.2) is 0 Å². The molecule has 2 aromatic carbocycles. The minimum Gasteiger partial charge on any atom is -0.497 e. The van der Waals surface area contributed by atoms with Crippen LogP contribution in [-0.4, -0.2) is 18.9 Å². The summed E-state index contributed by atoms with van der Waals surface area (Å²) in [4.78, 5) is 23.4. The smallest absolute Gasteiger partial charge is 0.272 e. The molecule has 2 N–H and O–H groups in total. The highest BCUT2D eigenvalue weighted by Gasteiger charge is 2.10. The maximum atomic E-state index is 13.4. The van der Waals surface area contributed by atoms with Gasteiger partial charge in [-0.25, -0.2) is 4.39 Å². The average molecular weight is 314 g/mol. The summed E-state index contributed by atoms with van der Waals surface area (Å²) in [5, 5.41) is 0. The van der Waals surface area contributed by atoms with Crippen LogP contribution < -0.4 is 15.6 Å². The van der Waals surface area contributed by atoms with E-state index in [1.807, 2.05) is 0 Å². The molecule has 0 bridgehead atoms. The van der Waals surface area contributed by atoms with Gasteiger partial charge in [0.2, 0.25) is 0 Å². The zero-order valence-electron chi connectivity index (χ0n) is 12.4. The number of nitrogens with one attached hydrogen (secondary N) is 2. The van der Waals surface area contributed by atoms with Gasteiger partial charge >= 0.3 is 0 Å². The standard InChI is InChI=1S/C17H15FN2O3/c1-23-13-6-4-5-12(11-13)9-10-16(21)19-20-17(22)14-7-2-3-8-15(14)18/h2-11H,1H3,(H,19,21)(H,20,22)/b10-9+. The molecule has 5 nitrogen and oxygen atoms in total. The fraction of sp³-hybridized carbons (Fsp3) is 0.0588. The molecule has 0 aliphatic carbocycles. The molecule has 2 rings (SSSR count). The van der Waals surface area contributed by atoms with Gasteiger partial charge in [-0.05, 0) is 35.9 Å². The number of amides is 2. The molecule has 0 saturated carbocycles. The minimum absolute atomic E-state index is 0.149. The first kappa shape index (κ1) is 16.2. The van der Waals surface area contributed by atoms with Crippen LogP contribution in [0.3, 0.4) is 0 Å². The van der Waals surface area contributed by atoms with Crippen molar-refractivity contribution in [3.05, 3.63) is 71.6 Å². The fourth-order valence-electron chi connectivity index (χ4n) is 1.79. The lowest BCUT2D eigenvalue weighted by molar-refractivity contribution is -0.117. The number of methoxy groups -OCH3 is 1. The van der Waals surface area contributed by atoms with Crippen molar-refractivity contribution in [3.63, 3.8) is 0 Å². The third-order valence-corrected chi connectivity index (χ3v) is 2.94. The van der Waals surface area contributed by atoms with Gasteiger partial charge < -0.3 is 4.74 Å². The lowest BCUT2D eigenvalue weighted by Crippen LogP contribution is -2.41. The van der Waals surface area contributed by atoms with E-state index in [-0.39, 0.29) is 5.56 Å². The molecule has 0 aliphatic heterocycles. The van der Waals surface area contributed by atoms with Crippen molar-refractivity contribution in [2.45, 2.75) is 0 Å². The minimum atomic E-state index is -0.730. The summed E-state index contributed by atoms with van der Waals surface area (Å²) in [6.45, 7) is 0. The molecule has 0 spiro atoms. The van der Waals surface area contributed by atoms with Gasteiger partial charge in [-0.2, -0.15) is 0 Å². The number of rotatable bonds is 4. The Bertz CT molecular complexity index is 744. The number of carbonyl (C=O) groups is 2. The normalized spacial score (nSPS) is 10.3. The van der Waals surface area contributed by atoms with E-state index in [0.717, 1.165) is 5.56 Å². The molecular weight excluding hydrogens is 299 g/mol. The lowest BCUT2D eigenvalue weighted by Gasteiger charge is -2.06. The van der Waals surface area contributed by atoms with E-state index in [4.69, 9.17) is 4.74 Å². The van der Waals surface area contributed by atoms with Gasteiger partial charge in [0.1, 0.15) is 11.6 Å². The summed E-state index contributed by atoms with van der Waals surface area (Å²) in [6, 6.07) is 12.6. The maximum Gasteiger partial charge on any atom is 0.272 e. The average Bonchev–Trinajstić information content (AvgIpc) is 2.58. The summed E-state index contributed by atoms with van der Waals surface area (Å²) in [5.74, 6) is -1.27. The number of ether oxygens (including phenoxy) is 1. The van der Waals surface area contributed by atoms with Crippen molar-refractivity contribution in [1.29, 1.82) is 0 Å². The fourth-order valence-corrected chi connectivity index (χ4v) is 1.79. The van der Waals surface area contributed by atoms with E-state index in [1.165, 1.54) is 30.3 Å². The Morgan fingerprint density at radius 1 is 1.09 bits per heavy atom. The van der Waals surface area contributed by atoms with Gasteiger partial charge in [0, 0.05) is 6.08 Å². The van der Waals surface area contributed by atoms with Crippen LogP contribution in [0.5, 0.6) is 5.75 Å². The summed E-state index contributed by atoms with van der Waals surface area (Å²) in [7, 11) is 1.55. The molecule has 0 saturated heterocycles. The van der Waals surface area contributed by atoms with Gasteiger partial charge in [0.25, 0.3) is 11.8 Å². The zero-order chi connectivity index (χ0) is 16.7. The molecule has 0 aliphatic rings. The third kappa shape index (κ3) is 4.67. The Balaban J connectivity index is 1.91. The first-order chi connectivity index (χ1) is 11.1. The number of halogens is 1. The lowest BCUT2D eigenvalue weighted by atomic mass is 10.2. The summed E-state index contributed by atoms with van der Waals surface area (Å²) in [6.07, 6.45) is 2.81. The molecular formula is C17H15FN2O3. The topological polar surface area (TPSA) is 67.4 Å². The van der Waals surface area contributed by atoms with Gasteiger partial charge in [-0.1, -0.05) is 24.3 Å². The molecule has 118 valence electrons. The first-order valence-corrected chi connectivity index (χ1v) is 6.77. The highest BCUT2D eigenvalue weighted by atomic mass is 19.1. The number of hydrazine groups is 1. The molecule has 2 aromatic rings. The number of hydrogen-bond acceptors (Lipinski definition) is 3. The number of hydrogen-bond donors (Lipinski definition) is 2. The molecule has 0 radical (unpaired) electrons. The molecule has 0 aromatic heterocycles. The highest BCUT2D eigenvalue weighted by Crippen LogP contribution is 2.13. The van der Waals surface area contributed by atoms with E-state index >= 15 is 0 Å². The summed E-state index contributed by atoms with van der Waals surface area (Å²) >= 11 is 0. The Kier molecular flexibility index (Phi) is 5.46. The van der Waals surface area contributed by atoms with E-state index in [1.54, 1.807) is 37.5 Å². The van der Waals surface area contributed by atoms with Crippen molar-refractivity contribution < 1.29 is 18.7 Å². The number of carbonyl (C=O) groups excluding carboxylic acids is 2. The molecule has 0 heterocycles. The van der Waals surface area contributed by atoms with Crippen LogP contribution in [0, 0.1) is 5.82 Å². The van der Waals surface area contributed by atoms with Crippen LogP contribution in [0.15, 0.2) is 54.6 Å². The Morgan fingerprint density at radius 2 is 1.87 bits per heavy atom. The molecule has 0 unspecified atom stereocenters. The van der Waals surface area contributed by atoms with Crippen molar-refractivity contribution in [2.24, 2.45) is 0 Å². The first-order valence-electron chi connectivity index (χ1n) is 6.77. The zero-order valence-corrected chi connectivity index (χ0v) is 12.4. The van der Waals surface area contributed by atoms with E-state index < -0.39 is 17.6 Å². The predicted molar refractivity (Wildman–Crippen MR) is 84.0 cm³/mol. The summed E-state index contributed by atoms with van der Waals surface area (Å²) in [5.41, 5.74) is 4.94. The van der Waals surface area contributed by atoms with Crippen LogP contribution in [0.25, 0.3) is 6.08 Å². The quantitative estimate of drug-likeness (QED) is 0.672. The van der Waals surface area contributed by atoms with Crippen LogP contribution >= 0.6 is 0 Å². The third-order valence-electron chi connectivity index (χ3n) is 2.94. The summed E-state index contributed by atoms with van der Waals surface area (Å²) < 4.78 is 18.5. The van der Waals surface area contributed by atoms with Crippen molar-refractivity contribution >= 4 is 17.9 Å². The van der Waals surface area contributed by atoms with Crippen LogP contribution in [0.2, 0.25) is 0 Å². The van der Waals surface area contributed by atoms with E-state index in [9.17, 15) is 14.0 Å². The van der Waals surface area contributed by atoms with Gasteiger partial charge in [-0.15, -0.1) is 0 Å². The Hall–Kier alpha value is -3.15. The second-order valence-corrected chi connectivity index (χ2v) is 4.53. The Labute approximate surface area is 132 Å². The molecule has 0 fully saturated rings. The van der Waals surface area contributed by atoms with Crippen LogP contribution in [0.1, 0.15) is 15.9 Å². The highest BCUT2D eigenvalue weighted by molar-refractivity contribution is 5.98. The molecule has 0 atom stereocenters.